The normalized spacial score (nSPS) is 13.1. The Morgan fingerprint density at radius 2 is 2.18 bits per heavy atom. The Morgan fingerprint density at radius 3 is 2.82 bits per heavy atom. The predicted octanol–water partition coefficient (Wildman–Crippen LogP) is 2.85. The quantitative estimate of drug-likeness (QED) is 0.654. The molecule has 120 valence electrons. The smallest absolute Gasteiger partial charge is 0.407 e. The maximum Gasteiger partial charge on any atom is 0.407 e. The summed E-state index contributed by atoms with van der Waals surface area (Å²) in [5.41, 5.74) is 2.91. The van der Waals surface area contributed by atoms with E-state index in [1.165, 1.54) is 12.1 Å². The molecule has 4 N–H and O–H groups in total. The van der Waals surface area contributed by atoms with E-state index in [9.17, 15) is 14.4 Å². The Labute approximate surface area is 127 Å². The van der Waals surface area contributed by atoms with Crippen molar-refractivity contribution in [2.45, 2.75) is 32.4 Å². The third kappa shape index (κ3) is 3.96. The Balaban J connectivity index is 2.10. The fraction of sp³-hybridized carbons (Fsp3) is 0.400. The number of aromatic amines is 1. The Morgan fingerprint density at radius 1 is 1.45 bits per heavy atom. The molecule has 1 unspecified atom stereocenters. The third-order valence-corrected chi connectivity index (χ3v) is 3.06. The molecule has 1 aromatic heterocycles. The van der Waals surface area contributed by atoms with Crippen LogP contribution in [0, 0.1) is 5.82 Å². The number of halogens is 1. The van der Waals surface area contributed by atoms with Crippen LogP contribution in [0.15, 0.2) is 24.4 Å². The van der Waals surface area contributed by atoms with E-state index in [2.05, 4.69) is 15.8 Å². The third-order valence-electron chi connectivity index (χ3n) is 3.06. The monoisotopic (exact) mass is 309 g/mol. The van der Waals surface area contributed by atoms with E-state index < -0.39 is 17.7 Å². The van der Waals surface area contributed by atoms with E-state index in [-0.39, 0.29) is 12.4 Å². The van der Waals surface area contributed by atoms with Crippen LogP contribution in [0.1, 0.15) is 32.4 Å². The number of hydrogen-bond donors (Lipinski definition) is 4. The summed E-state index contributed by atoms with van der Waals surface area (Å²) < 4.78 is 18.5. The number of carbonyl (C=O) groups excluding carboxylic acids is 1. The van der Waals surface area contributed by atoms with Crippen molar-refractivity contribution in [3.05, 3.63) is 35.8 Å². The van der Waals surface area contributed by atoms with Crippen molar-refractivity contribution >= 4 is 17.0 Å². The second kappa shape index (κ2) is 6.33. The highest BCUT2D eigenvalue weighted by Gasteiger charge is 2.19. The van der Waals surface area contributed by atoms with Gasteiger partial charge in [-0.1, -0.05) is 0 Å². The molecule has 0 saturated carbocycles. The molecule has 1 heterocycles. The van der Waals surface area contributed by atoms with E-state index in [4.69, 9.17) is 4.74 Å². The van der Waals surface area contributed by atoms with Crippen LogP contribution in [-0.2, 0) is 4.74 Å². The van der Waals surface area contributed by atoms with Crippen LogP contribution in [-0.4, -0.2) is 28.4 Å². The molecule has 0 aliphatic heterocycles. The minimum absolute atomic E-state index is 0.0921. The highest BCUT2D eigenvalue weighted by atomic mass is 19.1. The van der Waals surface area contributed by atoms with Gasteiger partial charge in [-0.25, -0.2) is 9.18 Å². The van der Waals surface area contributed by atoms with Crippen LogP contribution >= 0.6 is 0 Å². The van der Waals surface area contributed by atoms with Crippen molar-refractivity contribution in [1.82, 2.24) is 15.8 Å². The fourth-order valence-corrected chi connectivity index (χ4v) is 2.13. The van der Waals surface area contributed by atoms with Crippen LogP contribution < -0.4 is 10.8 Å². The van der Waals surface area contributed by atoms with Gasteiger partial charge >= 0.3 is 6.09 Å². The van der Waals surface area contributed by atoms with E-state index in [1.54, 1.807) is 33.0 Å². The van der Waals surface area contributed by atoms with Crippen LogP contribution in [0.25, 0.3) is 10.9 Å². The first-order valence-corrected chi connectivity index (χ1v) is 6.93. The SMILES string of the molecule is CC(C)(C)OC(=O)NCC(NO)c1c[nH]c2ccc(F)cc12. The lowest BCUT2D eigenvalue weighted by atomic mass is 10.1. The first kappa shape index (κ1) is 16.3. The second-order valence-electron chi connectivity index (χ2n) is 6.00. The van der Waals surface area contributed by atoms with Crippen LogP contribution in [0.5, 0.6) is 0 Å². The van der Waals surface area contributed by atoms with Gasteiger partial charge in [0.2, 0.25) is 0 Å². The summed E-state index contributed by atoms with van der Waals surface area (Å²) in [5, 5.41) is 12.5. The summed E-state index contributed by atoms with van der Waals surface area (Å²) in [7, 11) is 0. The van der Waals surface area contributed by atoms with Gasteiger partial charge in [0.25, 0.3) is 0 Å². The number of fused-ring (bicyclic) bond motifs is 1. The van der Waals surface area contributed by atoms with Crippen molar-refractivity contribution in [1.29, 1.82) is 0 Å². The average molecular weight is 309 g/mol. The van der Waals surface area contributed by atoms with Crippen LogP contribution in [0.2, 0.25) is 0 Å². The topological polar surface area (TPSA) is 86.4 Å². The molecule has 0 spiro atoms. The number of benzene rings is 1. The second-order valence-corrected chi connectivity index (χ2v) is 6.00. The van der Waals surface area contributed by atoms with Crippen LogP contribution in [0.3, 0.4) is 0 Å². The van der Waals surface area contributed by atoms with Gasteiger partial charge in [0.15, 0.2) is 0 Å². The van der Waals surface area contributed by atoms with Crippen molar-refractivity contribution in [3.8, 4) is 0 Å². The molecule has 0 fully saturated rings. The molecular formula is C15H20FN3O3. The van der Waals surface area contributed by atoms with Gasteiger partial charge in [-0.05, 0) is 44.5 Å². The molecule has 0 aliphatic carbocycles. The molecule has 1 amide bonds. The molecule has 0 saturated heterocycles. The highest BCUT2D eigenvalue weighted by Crippen LogP contribution is 2.24. The molecule has 1 atom stereocenters. The summed E-state index contributed by atoms with van der Waals surface area (Å²) in [6.45, 7) is 5.37. The lowest BCUT2D eigenvalue weighted by Crippen LogP contribution is -2.37. The zero-order valence-electron chi connectivity index (χ0n) is 12.7. The van der Waals surface area contributed by atoms with E-state index in [1.807, 2.05) is 0 Å². The lowest BCUT2D eigenvalue weighted by Gasteiger charge is -2.21. The molecule has 0 bridgehead atoms. The number of amides is 1. The number of ether oxygens (including phenoxy) is 1. The van der Waals surface area contributed by atoms with Gasteiger partial charge in [0, 0.05) is 23.6 Å². The molecule has 0 aliphatic rings. The van der Waals surface area contributed by atoms with Crippen LogP contribution in [0.4, 0.5) is 9.18 Å². The molecule has 6 nitrogen and oxygen atoms in total. The Hall–Kier alpha value is -2.12. The summed E-state index contributed by atoms with van der Waals surface area (Å²) in [5.74, 6) is -0.370. The maximum atomic E-state index is 13.4. The average Bonchev–Trinajstić information content (AvgIpc) is 2.81. The molecule has 22 heavy (non-hydrogen) atoms. The summed E-state index contributed by atoms with van der Waals surface area (Å²) >= 11 is 0. The fourth-order valence-electron chi connectivity index (χ4n) is 2.13. The summed E-state index contributed by atoms with van der Waals surface area (Å²) in [6, 6.07) is 3.74. The number of H-pyrrole nitrogens is 1. The minimum atomic E-state index is -0.601. The molecule has 7 heteroatoms. The van der Waals surface area contributed by atoms with Gasteiger partial charge in [-0.15, -0.1) is 0 Å². The first-order chi connectivity index (χ1) is 10.3. The van der Waals surface area contributed by atoms with Gasteiger partial charge in [0.1, 0.15) is 11.4 Å². The maximum absolute atomic E-state index is 13.4. The zero-order valence-corrected chi connectivity index (χ0v) is 12.7. The van der Waals surface area contributed by atoms with E-state index in [0.717, 1.165) is 5.52 Å². The van der Waals surface area contributed by atoms with E-state index >= 15 is 0 Å². The van der Waals surface area contributed by atoms with Gasteiger partial charge in [0.05, 0.1) is 6.04 Å². The van der Waals surface area contributed by atoms with Crippen molar-refractivity contribution in [2.75, 3.05) is 6.54 Å². The summed E-state index contributed by atoms with van der Waals surface area (Å²) in [6.07, 6.45) is 1.08. The largest absolute Gasteiger partial charge is 0.444 e. The summed E-state index contributed by atoms with van der Waals surface area (Å²) in [4.78, 5) is 14.7. The number of rotatable bonds is 4. The van der Waals surface area contributed by atoms with Gasteiger partial charge in [-0.3, -0.25) is 0 Å². The molecule has 2 aromatic rings. The number of carbonyl (C=O) groups is 1. The zero-order chi connectivity index (χ0) is 16.3. The van der Waals surface area contributed by atoms with Gasteiger partial charge < -0.3 is 20.2 Å². The van der Waals surface area contributed by atoms with Crippen molar-refractivity contribution in [2.24, 2.45) is 0 Å². The number of nitrogens with one attached hydrogen (secondary N) is 3. The molecule has 1 aromatic carbocycles. The first-order valence-electron chi connectivity index (χ1n) is 6.93. The minimum Gasteiger partial charge on any atom is -0.444 e. The van der Waals surface area contributed by atoms with Gasteiger partial charge in [-0.2, -0.15) is 5.48 Å². The Kier molecular flexibility index (Phi) is 4.68. The molecule has 2 rings (SSSR count). The number of aromatic nitrogens is 1. The van der Waals surface area contributed by atoms with Crippen molar-refractivity contribution in [3.63, 3.8) is 0 Å². The van der Waals surface area contributed by atoms with Crippen molar-refractivity contribution < 1.29 is 19.1 Å². The number of alkyl carbamates (subject to hydrolysis) is 1. The molecule has 0 radical (unpaired) electrons. The Bertz CT molecular complexity index is 664. The predicted molar refractivity (Wildman–Crippen MR) is 80.2 cm³/mol. The standard InChI is InChI=1S/C15H20FN3O3/c1-15(2,3)22-14(20)18-8-13(19-21)11-7-17-12-5-4-9(16)6-10(11)12/h4-7,13,17,19,21H,8H2,1-3H3,(H,18,20). The number of hydroxylamine groups is 1. The molecular weight excluding hydrogens is 289 g/mol. The lowest BCUT2D eigenvalue weighted by molar-refractivity contribution is 0.0503. The highest BCUT2D eigenvalue weighted by molar-refractivity contribution is 5.83. The number of hydrogen-bond acceptors (Lipinski definition) is 4. The van der Waals surface area contributed by atoms with E-state index in [0.29, 0.717) is 10.9 Å².